The van der Waals surface area contributed by atoms with Crippen LogP contribution in [0, 0.1) is 0 Å². The Hall–Kier alpha value is -2.02. The molecule has 1 amide bonds. The summed E-state index contributed by atoms with van der Waals surface area (Å²) in [4.78, 5) is 14.5. The number of thioether (sulfide) groups is 1. The summed E-state index contributed by atoms with van der Waals surface area (Å²) in [6.45, 7) is 3.53. The highest BCUT2D eigenvalue weighted by Crippen LogP contribution is 2.27. The molecule has 1 aliphatic rings. The highest BCUT2D eigenvalue weighted by Gasteiger charge is 2.27. The van der Waals surface area contributed by atoms with E-state index >= 15 is 0 Å². The van der Waals surface area contributed by atoms with Crippen molar-refractivity contribution in [2.24, 2.45) is 0 Å². The lowest BCUT2D eigenvalue weighted by atomic mass is 10.2. The lowest BCUT2D eigenvalue weighted by molar-refractivity contribution is -0.133. The Kier molecular flexibility index (Phi) is 4.85. The van der Waals surface area contributed by atoms with Crippen LogP contribution in [0.3, 0.4) is 0 Å². The van der Waals surface area contributed by atoms with E-state index in [9.17, 15) is 4.79 Å². The van der Waals surface area contributed by atoms with E-state index in [2.05, 4.69) is 22.3 Å². The molecule has 7 heteroatoms. The van der Waals surface area contributed by atoms with Gasteiger partial charge in [0.05, 0.1) is 0 Å². The van der Waals surface area contributed by atoms with Crippen molar-refractivity contribution in [3.63, 3.8) is 0 Å². The molecule has 0 radical (unpaired) electrons. The molecule has 3 rings (SSSR count). The van der Waals surface area contributed by atoms with Crippen molar-refractivity contribution in [2.75, 3.05) is 18.8 Å². The number of aromatic nitrogens is 3. The normalized spacial score (nSPS) is 15.8. The molecule has 0 unspecified atom stereocenters. The van der Waals surface area contributed by atoms with Gasteiger partial charge in [-0.25, -0.2) is 0 Å². The van der Waals surface area contributed by atoms with Gasteiger partial charge in [0.1, 0.15) is 6.04 Å². The number of benzene rings is 1. The standard InChI is InChI=1S/C16H21N5OS/c1-12(14(22)20-9-5-6-10-20)21-15(17)18-19-16(21)23-11-13-7-3-2-4-8-13/h2-4,7-8,12H,5-6,9-11H2,1H3,(H2,17,18)/t12-/m1/s1. The molecule has 0 aliphatic carbocycles. The molecule has 1 aromatic heterocycles. The molecule has 1 aromatic carbocycles. The van der Waals surface area contributed by atoms with Crippen molar-refractivity contribution in [1.82, 2.24) is 19.7 Å². The Labute approximate surface area is 140 Å². The summed E-state index contributed by atoms with van der Waals surface area (Å²) < 4.78 is 1.74. The topological polar surface area (TPSA) is 77.0 Å². The Bertz CT molecular complexity index is 666. The third-order valence-electron chi connectivity index (χ3n) is 4.06. The largest absolute Gasteiger partial charge is 0.368 e. The fraction of sp³-hybridized carbons (Fsp3) is 0.438. The van der Waals surface area contributed by atoms with Crippen molar-refractivity contribution in [3.8, 4) is 0 Å². The van der Waals surface area contributed by atoms with E-state index in [1.807, 2.05) is 30.0 Å². The number of carbonyl (C=O) groups excluding carboxylic acids is 1. The van der Waals surface area contributed by atoms with Gasteiger partial charge in [0.15, 0.2) is 5.16 Å². The maximum Gasteiger partial charge on any atom is 0.245 e. The van der Waals surface area contributed by atoms with E-state index in [0.29, 0.717) is 11.1 Å². The maximum atomic E-state index is 12.6. The van der Waals surface area contributed by atoms with Gasteiger partial charge in [-0.05, 0) is 25.3 Å². The Balaban J connectivity index is 1.74. The van der Waals surface area contributed by atoms with Gasteiger partial charge in [-0.2, -0.15) is 0 Å². The van der Waals surface area contributed by atoms with Crippen molar-refractivity contribution >= 4 is 23.6 Å². The summed E-state index contributed by atoms with van der Waals surface area (Å²) >= 11 is 1.55. The molecule has 1 aliphatic heterocycles. The summed E-state index contributed by atoms with van der Waals surface area (Å²) in [5.41, 5.74) is 7.15. The lowest BCUT2D eigenvalue weighted by Gasteiger charge is -2.22. The van der Waals surface area contributed by atoms with Crippen LogP contribution >= 0.6 is 11.8 Å². The Morgan fingerprint density at radius 3 is 2.65 bits per heavy atom. The van der Waals surface area contributed by atoms with Crippen molar-refractivity contribution in [3.05, 3.63) is 35.9 Å². The van der Waals surface area contributed by atoms with E-state index in [4.69, 9.17) is 5.73 Å². The van der Waals surface area contributed by atoms with Gasteiger partial charge >= 0.3 is 0 Å². The number of nitrogen functional groups attached to an aromatic ring is 1. The van der Waals surface area contributed by atoms with E-state index in [1.165, 1.54) is 5.56 Å². The van der Waals surface area contributed by atoms with Gasteiger partial charge in [-0.1, -0.05) is 42.1 Å². The Morgan fingerprint density at radius 2 is 1.96 bits per heavy atom. The molecule has 1 atom stereocenters. The van der Waals surface area contributed by atoms with Crippen LogP contribution in [0.15, 0.2) is 35.5 Å². The third-order valence-corrected chi connectivity index (χ3v) is 5.08. The predicted molar refractivity (Wildman–Crippen MR) is 91.0 cm³/mol. The molecule has 122 valence electrons. The van der Waals surface area contributed by atoms with E-state index in [0.717, 1.165) is 31.7 Å². The van der Waals surface area contributed by atoms with Crippen LogP contribution in [0.4, 0.5) is 5.95 Å². The first-order valence-corrected chi connectivity index (χ1v) is 8.81. The number of amides is 1. The van der Waals surface area contributed by atoms with E-state index in [-0.39, 0.29) is 11.9 Å². The molecular formula is C16H21N5OS. The average Bonchev–Trinajstić information content (AvgIpc) is 3.22. The zero-order chi connectivity index (χ0) is 16.2. The predicted octanol–water partition coefficient (Wildman–Crippen LogP) is 2.34. The first kappa shape index (κ1) is 15.9. The van der Waals surface area contributed by atoms with Crippen LogP contribution in [0.2, 0.25) is 0 Å². The molecule has 2 heterocycles. The van der Waals surface area contributed by atoms with Gasteiger partial charge in [-0.15, -0.1) is 10.2 Å². The van der Waals surface area contributed by atoms with Crippen LogP contribution in [0.5, 0.6) is 0 Å². The highest BCUT2D eigenvalue weighted by molar-refractivity contribution is 7.98. The molecule has 2 aromatic rings. The van der Waals surface area contributed by atoms with Crippen LogP contribution in [-0.4, -0.2) is 38.7 Å². The molecule has 2 N–H and O–H groups in total. The van der Waals surface area contributed by atoms with Gasteiger partial charge in [0.25, 0.3) is 0 Å². The van der Waals surface area contributed by atoms with Gasteiger partial charge in [0.2, 0.25) is 11.9 Å². The van der Waals surface area contributed by atoms with Crippen molar-refractivity contribution in [2.45, 2.75) is 36.7 Å². The van der Waals surface area contributed by atoms with Crippen molar-refractivity contribution < 1.29 is 4.79 Å². The van der Waals surface area contributed by atoms with E-state index in [1.54, 1.807) is 16.3 Å². The summed E-state index contributed by atoms with van der Waals surface area (Å²) in [5, 5.41) is 8.79. The summed E-state index contributed by atoms with van der Waals surface area (Å²) in [6.07, 6.45) is 2.15. The average molecular weight is 331 g/mol. The molecular weight excluding hydrogens is 310 g/mol. The van der Waals surface area contributed by atoms with Crippen LogP contribution in [-0.2, 0) is 10.5 Å². The third kappa shape index (κ3) is 3.50. The Morgan fingerprint density at radius 1 is 1.26 bits per heavy atom. The van der Waals surface area contributed by atoms with Crippen molar-refractivity contribution in [1.29, 1.82) is 0 Å². The van der Waals surface area contributed by atoms with Crippen LogP contribution in [0.25, 0.3) is 0 Å². The van der Waals surface area contributed by atoms with Gasteiger partial charge in [0, 0.05) is 18.8 Å². The molecule has 1 saturated heterocycles. The first-order valence-electron chi connectivity index (χ1n) is 7.82. The monoisotopic (exact) mass is 331 g/mol. The minimum atomic E-state index is -0.374. The van der Waals surface area contributed by atoms with E-state index < -0.39 is 0 Å². The minimum Gasteiger partial charge on any atom is -0.368 e. The van der Waals surface area contributed by atoms with Crippen LogP contribution < -0.4 is 5.73 Å². The summed E-state index contributed by atoms with van der Waals surface area (Å²) in [6, 6.07) is 9.77. The smallest absolute Gasteiger partial charge is 0.245 e. The molecule has 1 fully saturated rings. The fourth-order valence-corrected chi connectivity index (χ4v) is 3.76. The highest BCUT2D eigenvalue weighted by atomic mass is 32.2. The number of nitrogens with zero attached hydrogens (tertiary/aromatic N) is 4. The molecule has 0 spiro atoms. The number of nitrogens with two attached hydrogens (primary N) is 1. The first-order chi connectivity index (χ1) is 11.2. The molecule has 0 bridgehead atoms. The number of anilines is 1. The molecule has 6 nitrogen and oxygen atoms in total. The number of rotatable bonds is 5. The van der Waals surface area contributed by atoms with Gasteiger partial charge in [-0.3, -0.25) is 9.36 Å². The summed E-state index contributed by atoms with van der Waals surface area (Å²) in [5.74, 6) is 1.15. The zero-order valence-corrected chi connectivity index (χ0v) is 14.0. The number of carbonyl (C=O) groups is 1. The number of hydrogen-bond donors (Lipinski definition) is 1. The lowest BCUT2D eigenvalue weighted by Crippen LogP contribution is -2.34. The number of hydrogen-bond acceptors (Lipinski definition) is 5. The number of likely N-dealkylation sites (tertiary alicyclic amines) is 1. The summed E-state index contributed by atoms with van der Waals surface area (Å²) in [7, 11) is 0. The SMILES string of the molecule is C[C@H](C(=O)N1CCCC1)n1c(N)nnc1SCc1ccccc1. The second kappa shape index (κ2) is 7.04. The fourth-order valence-electron chi connectivity index (χ4n) is 2.79. The van der Waals surface area contributed by atoms with Gasteiger partial charge < -0.3 is 10.6 Å². The zero-order valence-electron chi connectivity index (χ0n) is 13.2. The second-order valence-electron chi connectivity index (χ2n) is 5.69. The second-order valence-corrected chi connectivity index (χ2v) is 6.64. The molecule has 23 heavy (non-hydrogen) atoms. The minimum absolute atomic E-state index is 0.0931. The quantitative estimate of drug-likeness (QED) is 0.851. The molecule has 0 saturated carbocycles. The van der Waals surface area contributed by atoms with Crippen LogP contribution in [0.1, 0.15) is 31.4 Å². The maximum absolute atomic E-state index is 12.6.